The molecule has 154 valence electrons. The smallest absolute Gasteiger partial charge is 0.292 e. The number of fused-ring (bicyclic) bond motifs is 3. The van der Waals surface area contributed by atoms with E-state index in [1.54, 1.807) is 17.0 Å². The van der Waals surface area contributed by atoms with E-state index in [0.29, 0.717) is 43.4 Å². The number of nitrogens with zero attached hydrogens (tertiary/aromatic N) is 1. The molecule has 2 heterocycles. The highest BCUT2D eigenvalue weighted by molar-refractivity contribution is 6.31. The van der Waals surface area contributed by atoms with Crippen LogP contribution in [-0.2, 0) is 20.1 Å². The summed E-state index contributed by atoms with van der Waals surface area (Å²) in [5, 5.41) is 2.78. The first-order valence-electron chi connectivity index (χ1n) is 10.2. The molecule has 5 nitrogen and oxygen atoms in total. The van der Waals surface area contributed by atoms with Crippen molar-refractivity contribution in [1.82, 2.24) is 0 Å². The van der Waals surface area contributed by atoms with E-state index in [0.717, 1.165) is 28.6 Å². The summed E-state index contributed by atoms with van der Waals surface area (Å²) in [4.78, 5) is 15.0. The van der Waals surface area contributed by atoms with Crippen molar-refractivity contribution in [2.75, 3.05) is 31.3 Å². The average Bonchev–Trinajstić information content (AvgIpc) is 2.99. The Hall–Kier alpha value is -2.60. The highest BCUT2D eigenvalue weighted by Gasteiger charge is 2.54. The summed E-state index contributed by atoms with van der Waals surface area (Å²) in [6.45, 7) is 1.97. The third-order valence-corrected chi connectivity index (χ3v) is 5.80. The standard InChI is InChI=1S/C24H22ClNO4/c25-18-10-11-21-20(16-18)24(29-14-5-15-30-24)23(27)26(21)12-4-13-28-22-9-3-7-17-6-1-2-8-19(17)22/h1-3,6-11,16H,4-5,12-15H2. The van der Waals surface area contributed by atoms with Gasteiger partial charge in [0.25, 0.3) is 11.7 Å². The summed E-state index contributed by atoms with van der Waals surface area (Å²) in [5.74, 6) is -0.706. The van der Waals surface area contributed by atoms with Crippen molar-refractivity contribution in [2.24, 2.45) is 0 Å². The second-order valence-corrected chi connectivity index (χ2v) is 7.90. The molecule has 3 aromatic rings. The van der Waals surface area contributed by atoms with Crippen molar-refractivity contribution in [3.05, 3.63) is 71.2 Å². The minimum absolute atomic E-state index is 0.190. The van der Waals surface area contributed by atoms with Crippen LogP contribution in [0.4, 0.5) is 5.69 Å². The summed E-state index contributed by atoms with van der Waals surface area (Å²) in [5.41, 5.74) is 1.48. The van der Waals surface area contributed by atoms with Gasteiger partial charge < -0.3 is 19.1 Å². The number of halogens is 1. The Labute approximate surface area is 180 Å². The lowest BCUT2D eigenvalue weighted by atomic mass is 10.1. The quantitative estimate of drug-likeness (QED) is 0.548. The molecule has 5 rings (SSSR count). The zero-order valence-corrected chi connectivity index (χ0v) is 17.2. The number of carbonyl (C=O) groups excluding carboxylic acids is 1. The van der Waals surface area contributed by atoms with Crippen LogP contribution in [0.1, 0.15) is 18.4 Å². The molecule has 1 saturated heterocycles. The van der Waals surface area contributed by atoms with E-state index in [-0.39, 0.29) is 5.91 Å². The zero-order valence-electron chi connectivity index (χ0n) is 16.5. The van der Waals surface area contributed by atoms with Gasteiger partial charge in [-0.25, -0.2) is 0 Å². The van der Waals surface area contributed by atoms with Crippen molar-refractivity contribution in [2.45, 2.75) is 18.6 Å². The van der Waals surface area contributed by atoms with Crippen LogP contribution in [0.2, 0.25) is 5.02 Å². The molecule has 1 amide bonds. The van der Waals surface area contributed by atoms with Gasteiger partial charge in [0.15, 0.2) is 0 Å². The maximum atomic E-state index is 13.3. The molecule has 1 fully saturated rings. The number of anilines is 1. The van der Waals surface area contributed by atoms with Gasteiger partial charge in [0.1, 0.15) is 5.75 Å². The molecule has 0 aliphatic carbocycles. The minimum Gasteiger partial charge on any atom is -0.493 e. The van der Waals surface area contributed by atoms with Crippen LogP contribution in [0.3, 0.4) is 0 Å². The molecule has 0 radical (unpaired) electrons. The molecule has 3 aromatic carbocycles. The van der Waals surface area contributed by atoms with Crippen molar-refractivity contribution in [1.29, 1.82) is 0 Å². The number of ether oxygens (including phenoxy) is 3. The third kappa shape index (κ3) is 3.23. The second kappa shape index (κ2) is 7.91. The second-order valence-electron chi connectivity index (χ2n) is 7.46. The Morgan fingerprint density at radius 3 is 2.70 bits per heavy atom. The summed E-state index contributed by atoms with van der Waals surface area (Å²) < 4.78 is 17.8. The molecule has 2 aliphatic rings. The number of amides is 1. The monoisotopic (exact) mass is 423 g/mol. The van der Waals surface area contributed by atoms with Gasteiger partial charge in [-0.1, -0.05) is 48.0 Å². The Kier molecular flexibility index (Phi) is 5.11. The summed E-state index contributed by atoms with van der Waals surface area (Å²) in [6, 6.07) is 19.6. The first-order chi connectivity index (χ1) is 14.7. The molecule has 0 saturated carbocycles. The van der Waals surface area contributed by atoms with Gasteiger partial charge in [0.2, 0.25) is 0 Å². The van der Waals surface area contributed by atoms with Gasteiger partial charge in [0.05, 0.1) is 25.5 Å². The van der Waals surface area contributed by atoms with Crippen LogP contribution in [0.5, 0.6) is 5.75 Å². The molecule has 0 unspecified atom stereocenters. The molecule has 0 atom stereocenters. The highest BCUT2D eigenvalue weighted by atomic mass is 35.5. The van der Waals surface area contributed by atoms with Crippen LogP contribution in [0.15, 0.2) is 60.7 Å². The fraction of sp³-hybridized carbons (Fsp3) is 0.292. The van der Waals surface area contributed by atoms with E-state index in [9.17, 15) is 4.79 Å². The number of rotatable bonds is 5. The molecule has 30 heavy (non-hydrogen) atoms. The number of hydrogen-bond donors (Lipinski definition) is 0. The molecule has 0 aromatic heterocycles. The van der Waals surface area contributed by atoms with E-state index in [4.69, 9.17) is 25.8 Å². The summed E-state index contributed by atoms with van der Waals surface area (Å²) in [7, 11) is 0. The summed E-state index contributed by atoms with van der Waals surface area (Å²) >= 11 is 6.20. The van der Waals surface area contributed by atoms with Gasteiger partial charge in [-0.2, -0.15) is 0 Å². The Bertz CT molecular complexity index is 1090. The Balaban J connectivity index is 1.31. The largest absolute Gasteiger partial charge is 0.493 e. The van der Waals surface area contributed by atoms with Gasteiger partial charge >= 0.3 is 0 Å². The Morgan fingerprint density at radius 2 is 1.83 bits per heavy atom. The van der Waals surface area contributed by atoms with Crippen molar-refractivity contribution < 1.29 is 19.0 Å². The van der Waals surface area contributed by atoms with Crippen LogP contribution in [0, 0.1) is 0 Å². The van der Waals surface area contributed by atoms with Crippen LogP contribution < -0.4 is 9.64 Å². The van der Waals surface area contributed by atoms with E-state index in [2.05, 4.69) is 18.2 Å². The maximum absolute atomic E-state index is 13.3. The lowest BCUT2D eigenvalue weighted by Gasteiger charge is -2.32. The van der Waals surface area contributed by atoms with Crippen LogP contribution in [0.25, 0.3) is 10.8 Å². The maximum Gasteiger partial charge on any atom is 0.292 e. The highest BCUT2D eigenvalue weighted by Crippen LogP contribution is 2.46. The minimum atomic E-state index is -1.37. The molecule has 0 bridgehead atoms. The van der Waals surface area contributed by atoms with E-state index in [1.807, 2.05) is 30.3 Å². The number of carbonyl (C=O) groups is 1. The molecular formula is C24H22ClNO4. The van der Waals surface area contributed by atoms with Crippen molar-refractivity contribution >= 4 is 34.0 Å². The summed E-state index contributed by atoms with van der Waals surface area (Å²) in [6.07, 6.45) is 1.44. The Morgan fingerprint density at radius 1 is 1.03 bits per heavy atom. The fourth-order valence-corrected chi connectivity index (χ4v) is 4.34. The van der Waals surface area contributed by atoms with Gasteiger partial charge in [0, 0.05) is 22.5 Å². The zero-order chi connectivity index (χ0) is 20.6. The third-order valence-electron chi connectivity index (χ3n) is 5.56. The number of benzene rings is 3. The van der Waals surface area contributed by atoms with Gasteiger partial charge in [-0.05, 0) is 42.5 Å². The molecule has 0 N–H and O–H groups in total. The van der Waals surface area contributed by atoms with Crippen LogP contribution in [-0.4, -0.2) is 32.3 Å². The molecule has 2 aliphatic heterocycles. The number of hydrogen-bond acceptors (Lipinski definition) is 4. The lowest BCUT2D eigenvalue weighted by molar-refractivity contribution is -0.256. The van der Waals surface area contributed by atoms with E-state index >= 15 is 0 Å². The topological polar surface area (TPSA) is 48.0 Å². The predicted octanol–water partition coefficient (Wildman–Crippen LogP) is 4.90. The van der Waals surface area contributed by atoms with E-state index in [1.165, 1.54) is 0 Å². The molecule has 1 spiro atoms. The van der Waals surface area contributed by atoms with Crippen molar-refractivity contribution in [3.63, 3.8) is 0 Å². The SMILES string of the molecule is O=C1N(CCCOc2cccc3ccccc23)c2ccc(Cl)cc2C12OCCCO2. The lowest BCUT2D eigenvalue weighted by Crippen LogP contribution is -2.47. The average molecular weight is 424 g/mol. The fourth-order valence-electron chi connectivity index (χ4n) is 4.17. The van der Waals surface area contributed by atoms with Crippen LogP contribution >= 0.6 is 11.6 Å². The van der Waals surface area contributed by atoms with Gasteiger partial charge in [-0.3, -0.25) is 4.79 Å². The molecule has 6 heteroatoms. The van der Waals surface area contributed by atoms with E-state index < -0.39 is 5.79 Å². The van der Waals surface area contributed by atoms with Gasteiger partial charge in [-0.15, -0.1) is 0 Å². The normalized spacial score (nSPS) is 17.5. The first kappa shape index (κ1) is 19.4. The molecular weight excluding hydrogens is 402 g/mol. The first-order valence-corrected chi connectivity index (χ1v) is 10.6. The van der Waals surface area contributed by atoms with Crippen molar-refractivity contribution in [3.8, 4) is 5.75 Å². The predicted molar refractivity (Wildman–Crippen MR) is 116 cm³/mol.